The molecule has 81 heavy (non-hydrogen) atoms. The number of carbonyl (C=O) groups excluding carboxylic acids is 2. The summed E-state index contributed by atoms with van der Waals surface area (Å²) in [5.74, 6) is 9.65. The van der Waals surface area contributed by atoms with Crippen LogP contribution in [-0.2, 0) is 23.9 Å². The number of aromatic nitrogens is 8. The van der Waals surface area contributed by atoms with Crippen LogP contribution in [0.1, 0.15) is 181 Å². The number of ketones is 1. The van der Waals surface area contributed by atoms with Crippen LogP contribution < -0.4 is 27.2 Å². The molecule has 2 aliphatic heterocycles. The van der Waals surface area contributed by atoms with Gasteiger partial charge < -0.3 is 40.6 Å². The Morgan fingerprint density at radius 2 is 1.17 bits per heavy atom. The van der Waals surface area contributed by atoms with Crippen molar-refractivity contribution in [2.45, 2.75) is 209 Å². The summed E-state index contributed by atoms with van der Waals surface area (Å²) in [5, 5.41) is 14.1. The van der Waals surface area contributed by atoms with Crippen LogP contribution in [0, 0.1) is 10.5 Å². The molecule has 2 atom stereocenters. The lowest BCUT2D eigenvalue weighted by molar-refractivity contribution is -0.144. The van der Waals surface area contributed by atoms with Gasteiger partial charge >= 0.3 is 5.97 Å². The van der Waals surface area contributed by atoms with Gasteiger partial charge in [0.15, 0.2) is 34.2 Å². The standard InChI is InChI=1S/C34H48N6O3S.C24H33N7O2S.CH4.HNO/c41-28(29-15-7-9-21-42-29)14-6-1-2-11-23-44-27-19-17-26(18-20-27)37-34-38-32(36-25-12-4-3-5-13-25)31-33(39-34)40(24-35-31)30-16-8-10-22-43-30;25-33-20(32)10-6-1-2-7-15-34-19-13-11-18(12-14-19)29-24-30-22-21(26-16-27-22)23(31-24)28-17-8-4-3-5-9-17;;1-2/h17-20,24-25,29-30H,1-16,21-23H2,(H2,36,37,38,39);11-14,16-17H,1-10,15,25H2,(H3,26,27,28,29,30,31);1H4;1H. The van der Waals surface area contributed by atoms with Gasteiger partial charge in [-0.1, -0.05) is 77.2 Å². The molecule has 0 spiro atoms. The SMILES string of the molecule is C.N=O.NOC(=O)CCCCCCSc1ccc(Nc2nc(NC3CCCCC3)c3[nH]cnc3n2)cc1.O=C(CCCCCCSc1ccc(Nc2nc(NC3CCCCC3)c3ncn(C4CCCCO4)c3n2)cc1)C1CCCCO1. The largest absolute Gasteiger partial charge is 0.373 e. The number of nitroso groups, excluding NO2 is 1. The van der Waals surface area contributed by atoms with E-state index in [2.05, 4.69) is 87.6 Å². The van der Waals surface area contributed by atoms with Crippen molar-refractivity contribution < 1.29 is 23.9 Å². The Hall–Kier alpha value is -5.94. The summed E-state index contributed by atoms with van der Waals surface area (Å²) in [5.41, 5.74) is 9.53. The van der Waals surface area contributed by atoms with Crippen LogP contribution in [0.15, 0.2) is 71.0 Å². The number of anilines is 6. The minimum atomic E-state index is -0.338. The smallest absolute Gasteiger partial charge is 0.324 e. The Bertz CT molecular complexity index is 2780. The molecule has 2 saturated carbocycles. The molecular formula is C59H86N14O6S2. The highest BCUT2D eigenvalue weighted by Gasteiger charge is 2.25. The number of nitrogens with one attached hydrogen (secondary N) is 6. The average Bonchev–Trinajstić information content (AvgIpc) is 4.19. The van der Waals surface area contributed by atoms with Crippen LogP contribution in [0.3, 0.4) is 0 Å². The fraction of sp³-hybridized carbons (Fsp3) is 0.593. The third kappa shape index (κ3) is 19.9. The molecule has 22 heteroatoms. The number of unbranched alkanes of at least 4 members (excludes halogenated alkanes) is 6. The van der Waals surface area contributed by atoms with E-state index in [1.54, 1.807) is 6.33 Å². The quantitative estimate of drug-likeness (QED) is 0.0115. The lowest BCUT2D eigenvalue weighted by atomic mass is 9.95. The molecule has 0 radical (unpaired) electrons. The molecule has 440 valence electrons. The number of imidazole rings is 2. The molecule has 6 aromatic rings. The predicted molar refractivity (Wildman–Crippen MR) is 326 cm³/mol. The molecule has 4 fully saturated rings. The minimum Gasteiger partial charge on any atom is -0.373 e. The van der Waals surface area contributed by atoms with Crippen LogP contribution in [0.25, 0.3) is 22.3 Å². The molecule has 2 aromatic carbocycles. The first kappa shape index (κ1) is 62.7. The first-order chi connectivity index (χ1) is 39.4. The second-order valence-corrected chi connectivity index (χ2v) is 23.5. The monoisotopic (exact) mass is 1150 g/mol. The summed E-state index contributed by atoms with van der Waals surface area (Å²) in [6.45, 7) is 1.52. The molecule has 2 unspecified atom stereocenters. The second-order valence-electron chi connectivity index (χ2n) is 21.1. The van der Waals surface area contributed by atoms with Crippen molar-refractivity contribution in [2.75, 3.05) is 46.0 Å². The number of rotatable bonds is 26. The van der Waals surface area contributed by atoms with E-state index in [-0.39, 0.29) is 25.7 Å². The zero-order valence-corrected chi connectivity index (χ0v) is 47.9. The van der Waals surface area contributed by atoms with Gasteiger partial charge in [-0.15, -0.1) is 23.5 Å². The van der Waals surface area contributed by atoms with Crippen molar-refractivity contribution >= 4 is 92.5 Å². The molecule has 10 rings (SSSR count). The van der Waals surface area contributed by atoms with E-state index in [9.17, 15) is 9.59 Å². The number of ether oxygens (including phenoxy) is 2. The molecule has 4 aromatic heterocycles. The number of fused-ring (bicyclic) bond motifs is 2. The summed E-state index contributed by atoms with van der Waals surface area (Å²) in [6.07, 6.45) is 31.5. The normalized spacial score (nSPS) is 17.6. The fourth-order valence-electron chi connectivity index (χ4n) is 10.7. The number of thioether (sulfide) groups is 2. The van der Waals surface area contributed by atoms with Gasteiger partial charge in [0.05, 0.1) is 12.7 Å². The van der Waals surface area contributed by atoms with Crippen molar-refractivity contribution in [3.8, 4) is 0 Å². The Balaban J connectivity index is 0.000000231. The molecule has 8 N–H and O–H groups in total. The molecule has 4 aliphatic rings. The van der Waals surface area contributed by atoms with Crippen molar-refractivity contribution in [1.29, 1.82) is 5.59 Å². The van der Waals surface area contributed by atoms with E-state index in [1.807, 2.05) is 42.0 Å². The first-order valence-electron chi connectivity index (χ1n) is 29.3. The number of nitrogens with two attached hydrogens (primary N) is 1. The molecule has 2 aliphatic carbocycles. The average molecular weight is 1150 g/mol. The topological polar surface area (TPSA) is 275 Å². The number of aromatic amines is 1. The van der Waals surface area contributed by atoms with Gasteiger partial charge in [0, 0.05) is 59.3 Å². The van der Waals surface area contributed by atoms with Crippen molar-refractivity contribution in [3.63, 3.8) is 0 Å². The van der Waals surface area contributed by atoms with Crippen molar-refractivity contribution in [2.24, 2.45) is 5.90 Å². The molecule has 0 bridgehead atoms. The fourth-order valence-corrected chi connectivity index (χ4v) is 12.5. The highest BCUT2D eigenvalue weighted by Crippen LogP contribution is 2.33. The van der Waals surface area contributed by atoms with Gasteiger partial charge in [0.2, 0.25) is 11.9 Å². The lowest BCUT2D eigenvalue weighted by Crippen LogP contribution is -2.27. The number of H-pyrrole nitrogens is 1. The van der Waals surface area contributed by atoms with E-state index in [0.717, 1.165) is 167 Å². The third-order valence-electron chi connectivity index (χ3n) is 15.1. The van der Waals surface area contributed by atoms with Gasteiger partial charge in [-0.05, 0) is 150 Å². The van der Waals surface area contributed by atoms with Crippen molar-refractivity contribution in [3.05, 3.63) is 66.1 Å². The Morgan fingerprint density at radius 3 is 1.75 bits per heavy atom. The summed E-state index contributed by atoms with van der Waals surface area (Å²) in [7, 11) is 0. The first-order valence-corrected chi connectivity index (χ1v) is 31.3. The Labute approximate surface area is 485 Å². The third-order valence-corrected chi connectivity index (χ3v) is 17.3. The number of nitrogens with zero attached hydrogens (tertiary/aromatic N) is 7. The van der Waals surface area contributed by atoms with E-state index >= 15 is 0 Å². The summed E-state index contributed by atoms with van der Waals surface area (Å²) < 4.78 is 13.8. The summed E-state index contributed by atoms with van der Waals surface area (Å²) in [6, 6.07) is 17.7. The molecule has 2 saturated heterocycles. The summed E-state index contributed by atoms with van der Waals surface area (Å²) >= 11 is 3.72. The zero-order valence-electron chi connectivity index (χ0n) is 46.3. The molecule has 0 amide bonds. The van der Waals surface area contributed by atoms with E-state index in [4.69, 9.17) is 40.2 Å². The predicted octanol–water partition coefficient (Wildman–Crippen LogP) is 14.5. The number of hydrogen-bond donors (Lipinski definition) is 7. The number of carbonyl (C=O) groups is 2. The number of hydrogen-bond acceptors (Lipinski definition) is 20. The maximum Gasteiger partial charge on any atom is 0.324 e. The maximum absolute atomic E-state index is 12.3. The van der Waals surface area contributed by atoms with Crippen LogP contribution in [0.4, 0.5) is 34.9 Å². The number of benzene rings is 2. The highest BCUT2D eigenvalue weighted by atomic mass is 32.2. The summed E-state index contributed by atoms with van der Waals surface area (Å²) in [4.78, 5) is 68.8. The molecule has 6 heterocycles. The van der Waals surface area contributed by atoms with E-state index < -0.39 is 0 Å². The lowest BCUT2D eigenvalue weighted by Gasteiger charge is -2.25. The van der Waals surface area contributed by atoms with Gasteiger partial charge in [-0.3, -0.25) is 14.2 Å². The van der Waals surface area contributed by atoms with Crippen LogP contribution >= 0.6 is 23.5 Å². The van der Waals surface area contributed by atoms with Crippen LogP contribution in [0.2, 0.25) is 0 Å². The highest BCUT2D eigenvalue weighted by molar-refractivity contribution is 7.99. The van der Waals surface area contributed by atoms with Gasteiger partial charge in [-0.2, -0.15) is 30.7 Å². The molecular weight excluding hydrogens is 1060 g/mol. The Morgan fingerprint density at radius 1 is 0.630 bits per heavy atom. The van der Waals surface area contributed by atoms with Gasteiger partial charge in [0.25, 0.3) is 0 Å². The minimum absolute atomic E-state index is 0. The van der Waals surface area contributed by atoms with E-state index in [1.165, 1.54) is 61.2 Å². The van der Waals surface area contributed by atoms with Gasteiger partial charge in [0.1, 0.15) is 17.8 Å². The van der Waals surface area contributed by atoms with E-state index in [0.29, 0.717) is 48.3 Å². The van der Waals surface area contributed by atoms with Crippen molar-refractivity contribution in [1.82, 2.24) is 39.5 Å². The van der Waals surface area contributed by atoms with Gasteiger partial charge in [-0.25, -0.2) is 9.97 Å². The molecule has 20 nitrogen and oxygen atoms in total. The van der Waals surface area contributed by atoms with Crippen LogP contribution in [0.5, 0.6) is 0 Å². The zero-order chi connectivity index (χ0) is 55.6. The maximum atomic E-state index is 12.3. The van der Waals surface area contributed by atoms with Crippen LogP contribution in [-0.4, -0.2) is 94.1 Å². The Kier molecular flexibility index (Phi) is 26.7. The number of Topliss-reactive ketones (excluding diaryl/α,β-unsaturated/α-hetero) is 1. The second kappa shape index (κ2) is 34.5.